The summed E-state index contributed by atoms with van der Waals surface area (Å²) in [5.41, 5.74) is 4.02. The number of hydrogen-bond acceptors (Lipinski definition) is 4. The minimum absolute atomic E-state index is 0.225. The molecule has 7 heteroatoms. The summed E-state index contributed by atoms with van der Waals surface area (Å²) in [6.07, 6.45) is 1.65. The fourth-order valence-electron chi connectivity index (χ4n) is 3.64. The molecule has 0 aliphatic carbocycles. The summed E-state index contributed by atoms with van der Waals surface area (Å²) < 4.78 is 42.5. The Morgan fingerprint density at radius 3 is 2.45 bits per heavy atom. The average Bonchev–Trinajstić information content (AvgIpc) is 3.09. The SMILES string of the molecule is CNCc1cn(S(=O)(=O)c2cccc(C)c2)c2cc(Nc3ccc(C)cc3F)ccc12. The van der Waals surface area contributed by atoms with Gasteiger partial charge in [0, 0.05) is 23.8 Å². The molecule has 0 bridgehead atoms. The number of anilines is 2. The fourth-order valence-corrected chi connectivity index (χ4v) is 5.13. The maximum absolute atomic E-state index is 14.3. The Balaban J connectivity index is 1.85. The molecule has 0 unspecified atom stereocenters. The van der Waals surface area contributed by atoms with E-state index in [9.17, 15) is 12.8 Å². The summed E-state index contributed by atoms with van der Waals surface area (Å²) in [4.78, 5) is 0.225. The number of nitrogens with zero attached hydrogens (tertiary/aromatic N) is 1. The first-order chi connectivity index (χ1) is 14.8. The first kappa shape index (κ1) is 21.1. The Morgan fingerprint density at radius 2 is 1.74 bits per heavy atom. The molecule has 3 aromatic carbocycles. The van der Waals surface area contributed by atoms with Crippen molar-refractivity contribution in [2.24, 2.45) is 0 Å². The lowest BCUT2D eigenvalue weighted by Gasteiger charge is -2.11. The molecule has 4 aromatic rings. The highest BCUT2D eigenvalue weighted by molar-refractivity contribution is 7.90. The van der Waals surface area contributed by atoms with Gasteiger partial charge in [-0.2, -0.15) is 0 Å². The summed E-state index contributed by atoms with van der Waals surface area (Å²) >= 11 is 0. The second-order valence-electron chi connectivity index (χ2n) is 7.64. The Kier molecular flexibility index (Phi) is 5.56. The Labute approximate surface area is 181 Å². The van der Waals surface area contributed by atoms with Gasteiger partial charge in [-0.25, -0.2) is 16.8 Å². The van der Waals surface area contributed by atoms with E-state index in [1.54, 1.807) is 36.5 Å². The van der Waals surface area contributed by atoms with Gasteiger partial charge < -0.3 is 10.6 Å². The molecule has 1 heterocycles. The largest absolute Gasteiger partial charge is 0.353 e. The fraction of sp³-hybridized carbons (Fsp3) is 0.167. The molecule has 1 aromatic heterocycles. The van der Waals surface area contributed by atoms with Crippen LogP contribution in [0, 0.1) is 19.7 Å². The van der Waals surface area contributed by atoms with Gasteiger partial charge in [-0.1, -0.05) is 24.3 Å². The van der Waals surface area contributed by atoms with Crippen molar-refractivity contribution >= 4 is 32.3 Å². The number of aryl methyl sites for hydroxylation is 2. The van der Waals surface area contributed by atoms with Gasteiger partial charge in [-0.15, -0.1) is 0 Å². The standard InChI is InChI=1S/C24H24FN3O2S/c1-16-5-4-6-20(11-16)31(29,30)28-15-18(14-26-3)21-9-8-19(13-24(21)28)27-23-10-7-17(2)12-22(23)25/h4-13,15,26-27H,14H2,1-3H3. The zero-order chi connectivity index (χ0) is 22.2. The molecular formula is C24H24FN3O2S. The van der Waals surface area contributed by atoms with Gasteiger partial charge in [0.25, 0.3) is 10.0 Å². The van der Waals surface area contributed by atoms with Crippen LogP contribution in [0.3, 0.4) is 0 Å². The summed E-state index contributed by atoms with van der Waals surface area (Å²) in [5, 5.41) is 6.97. The summed E-state index contributed by atoms with van der Waals surface area (Å²) in [5.74, 6) is -0.362. The van der Waals surface area contributed by atoms with Crippen LogP contribution >= 0.6 is 0 Å². The molecule has 5 nitrogen and oxygen atoms in total. The van der Waals surface area contributed by atoms with Crippen molar-refractivity contribution in [2.45, 2.75) is 25.3 Å². The van der Waals surface area contributed by atoms with Crippen LogP contribution in [-0.2, 0) is 16.6 Å². The number of nitrogens with one attached hydrogen (secondary N) is 2. The first-order valence-electron chi connectivity index (χ1n) is 9.93. The van der Waals surface area contributed by atoms with E-state index in [2.05, 4.69) is 10.6 Å². The van der Waals surface area contributed by atoms with Crippen LogP contribution in [0.2, 0.25) is 0 Å². The van der Waals surface area contributed by atoms with Crippen molar-refractivity contribution in [1.29, 1.82) is 0 Å². The van der Waals surface area contributed by atoms with E-state index < -0.39 is 10.0 Å². The molecule has 0 saturated carbocycles. The Morgan fingerprint density at radius 1 is 0.968 bits per heavy atom. The molecular weight excluding hydrogens is 413 g/mol. The highest BCUT2D eigenvalue weighted by Gasteiger charge is 2.21. The van der Waals surface area contributed by atoms with Crippen LogP contribution in [0.5, 0.6) is 0 Å². The van der Waals surface area contributed by atoms with Crippen LogP contribution in [0.1, 0.15) is 16.7 Å². The molecule has 0 atom stereocenters. The smallest absolute Gasteiger partial charge is 0.268 e. The molecule has 2 N–H and O–H groups in total. The third-order valence-electron chi connectivity index (χ3n) is 5.17. The summed E-state index contributed by atoms with van der Waals surface area (Å²) in [6.45, 7) is 4.20. The number of aromatic nitrogens is 1. The zero-order valence-electron chi connectivity index (χ0n) is 17.6. The van der Waals surface area contributed by atoms with Gasteiger partial charge in [0.2, 0.25) is 0 Å². The second-order valence-corrected chi connectivity index (χ2v) is 9.46. The third-order valence-corrected chi connectivity index (χ3v) is 6.84. The highest BCUT2D eigenvalue weighted by atomic mass is 32.2. The van der Waals surface area contributed by atoms with Gasteiger partial charge >= 0.3 is 0 Å². The molecule has 4 rings (SSSR count). The van der Waals surface area contributed by atoms with E-state index in [1.165, 1.54) is 10.0 Å². The summed E-state index contributed by atoms with van der Waals surface area (Å²) in [6, 6.07) is 17.2. The molecule has 0 fully saturated rings. The lowest BCUT2D eigenvalue weighted by molar-refractivity contribution is 0.588. The van der Waals surface area contributed by atoms with Gasteiger partial charge in [0.15, 0.2) is 0 Å². The van der Waals surface area contributed by atoms with Crippen LogP contribution in [0.15, 0.2) is 71.8 Å². The predicted octanol–water partition coefficient (Wildman–Crippen LogP) is 5.10. The summed E-state index contributed by atoms with van der Waals surface area (Å²) in [7, 11) is -1.99. The van der Waals surface area contributed by atoms with E-state index in [4.69, 9.17) is 0 Å². The van der Waals surface area contributed by atoms with Crippen LogP contribution in [0.25, 0.3) is 10.9 Å². The maximum Gasteiger partial charge on any atom is 0.268 e. The number of rotatable bonds is 6. The quantitative estimate of drug-likeness (QED) is 0.441. The van der Waals surface area contributed by atoms with Crippen LogP contribution in [0.4, 0.5) is 15.8 Å². The minimum Gasteiger partial charge on any atom is -0.353 e. The molecule has 0 aliphatic heterocycles. The minimum atomic E-state index is -3.80. The molecule has 0 amide bonds. The number of benzene rings is 3. The van der Waals surface area contributed by atoms with E-state index in [0.29, 0.717) is 23.4 Å². The van der Waals surface area contributed by atoms with E-state index in [-0.39, 0.29) is 10.7 Å². The lowest BCUT2D eigenvalue weighted by Crippen LogP contribution is -2.12. The molecule has 0 spiro atoms. The van der Waals surface area contributed by atoms with Crippen LogP contribution in [-0.4, -0.2) is 19.4 Å². The van der Waals surface area contributed by atoms with Crippen molar-refractivity contribution in [2.75, 3.05) is 12.4 Å². The molecule has 160 valence electrons. The Bertz CT molecular complexity index is 1380. The monoisotopic (exact) mass is 437 g/mol. The number of fused-ring (bicyclic) bond motifs is 1. The number of halogens is 1. The van der Waals surface area contributed by atoms with Gasteiger partial charge in [0.05, 0.1) is 16.1 Å². The highest BCUT2D eigenvalue weighted by Crippen LogP contribution is 2.30. The topological polar surface area (TPSA) is 63.1 Å². The van der Waals surface area contributed by atoms with Crippen molar-refractivity contribution in [1.82, 2.24) is 9.29 Å². The van der Waals surface area contributed by atoms with Crippen LogP contribution < -0.4 is 10.6 Å². The second kappa shape index (κ2) is 8.17. The third kappa shape index (κ3) is 4.06. The maximum atomic E-state index is 14.3. The molecule has 0 saturated heterocycles. The van der Waals surface area contributed by atoms with E-state index in [0.717, 1.165) is 22.1 Å². The Hall–Kier alpha value is -3.16. The van der Waals surface area contributed by atoms with E-state index in [1.807, 2.05) is 45.2 Å². The average molecular weight is 438 g/mol. The number of hydrogen-bond donors (Lipinski definition) is 2. The first-order valence-corrected chi connectivity index (χ1v) is 11.4. The van der Waals surface area contributed by atoms with E-state index >= 15 is 0 Å². The van der Waals surface area contributed by atoms with Gasteiger partial charge in [0.1, 0.15) is 5.82 Å². The van der Waals surface area contributed by atoms with Gasteiger partial charge in [-0.05, 0) is 74.0 Å². The normalized spacial score (nSPS) is 11.7. The van der Waals surface area contributed by atoms with Gasteiger partial charge in [-0.3, -0.25) is 0 Å². The molecule has 0 aliphatic rings. The zero-order valence-corrected chi connectivity index (χ0v) is 18.4. The molecule has 31 heavy (non-hydrogen) atoms. The predicted molar refractivity (Wildman–Crippen MR) is 123 cm³/mol. The lowest BCUT2D eigenvalue weighted by atomic mass is 10.1. The van der Waals surface area contributed by atoms with Crippen molar-refractivity contribution in [3.8, 4) is 0 Å². The van der Waals surface area contributed by atoms with Crippen molar-refractivity contribution < 1.29 is 12.8 Å². The van der Waals surface area contributed by atoms with Crippen molar-refractivity contribution in [3.63, 3.8) is 0 Å². The van der Waals surface area contributed by atoms with Crippen molar-refractivity contribution in [3.05, 3.63) is 89.4 Å². The molecule has 0 radical (unpaired) electrons.